The largest absolute Gasteiger partial charge is 0.493 e. The molecule has 0 aliphatic carbocycles. The number of benzene rings is 1. The number of carbonyl (C=O) groups is 1. The lowest BCUT2D eigenvalue weighted by Gasteiger charge is -2.42. The van der Waals surface area contributed by atoms with E-state index < -0.39 is 5.41 Å². The highest BCUT2D eigenvalue weighted by atomic mass is 16.5. The van der Waals surface area contributed by atoms with E-state index in [2.05, 4.69) is 18.9 Å². The molecule has 2 aliphatic rings. The van der Waals surface area contributed by atoms with Gasteiger partial charge in [-0.25, -0.2) is 0 Å². The molecular formula is C20H30N2O3. The summed E-state index contributed by atoms with van der Waals surface area (Å²) in [5.41, 5.74) is 0.540. The molecule has 138 valence electrons. The van der Waals surface area contributed by atoms with Crippen LogP contribution in [-0.4, -0.2) is 66.8 Å². The van der Waals surface area contributed by atoms with Crippen LogP contribution < -0.4 is 4.74 Å². The molecule has 5 nitrogen and oxygen atoms in total. The maximum absolute atomic E-state index is 13.3. The molecule has 5 heteroatoms. The number of hydrogen-bond donors (Lipinski definition) is 1. The predicted molar refractivity (Wildman–Crippen MR) is 97.8 cm³/mol. The molecule has 0 spiro atoms. The molecule has 1 unspecified atom stereocenters. The standard InChI is InChI=1S/C20H30N2O3/c1-20(10-15-25-18-7-4-3-6-17(18)20)19(24)22-12-8-16(9-13-22)21(2)11-5-14-23/h3-4,6-7,16,23H,5,8-15H2,1-2H3. The van der Waals surface area contributed by atoms with Crippen LogP contribution in [0.3, 0.4) is 0 Å². The molecule has 1 aromatic carbocycles. The van der Waals surface area contributed by atoms with Crippen molar-refractivity contribution in [3.63, 3.8) is 0 Å². The molecule has 2 aliphatic heterocycles. The van der Waals surface area contributed by atoms with Crippen LogP contribution in [0.5, 0.6) is 5.75 Å². The number of piperidine rings is 1. The zero-order chi connectivity index (χ0) is 17.9. The Morgan fingerprint density at radius 2 is 2.08 bits per heavy atom. The van der Waals surface area contributed by atoms with E-state index in [1.165, 1.54) is 0 Å². The van der Waals surface area contributed by atoms with E-state index in [0.29, 0.717) is 12.6 Å². The Hall–Kier alpha value is -1.59. The van der Waals surface area contributed by atoms with Gasteiger partial charge >= 0.3 is 0 Å². The van der Waals surface area contributed by atoms with Crippen LogP contribution in [0.15, 0.2) is 24.3 Å². The second-order valence-electron chi connectivity index (χ2n) is 7.51. The first-order valence-electron chi connectivity index (χ1n) is 9.39. The van der Waals surface area contributed by atoms with E-state index in [0.717, 1.165) is 56.6 Å². The van der Waals surface area contributed by atoms with Crippen LogP contribution in [0.1, 0.15) is 38.2 Å². The van der Waals surface area contributed by atoms with Gasteiger partial charge in [-0.1, -0.05) is 18.2 Å². The fourth-order valence-corrected chi connectivity index (χ4v) is 4.13. The lowest BCUT2D eigenvalue weighted by atomic mass is 9.76. The summed E-state index contributed by atoms with van der Waals surface area (Å²) in [6.07, 6.45) is 3.55. The molecule has 2 heterocycles. The van der Waals surface area contributed by atoms with Gasteiger partial charge < -0.3 is 19.6 Å². The summed E-state index contributed by atoms with van der Waals surface area (Å²) in [7, 11) is 2.12. The first-order valence-corrected chi connectivity index (χ1v) is 9.39. The maximum Gasteiger partial charge on any atom is 0.233 e. The van der Waals surface area contributed by atoms with Crippen molar-refractivity contribution in [2.24, 2.45) is 0 Å². The second-order valence-corrected chi connectivity index (χ2v) is 7.51. The molecule has 1 aromatic rings. The highest BCUT2D eigenvalue weighted by molar-refractivity contribution is 5.89. The Labute approximate surface area is 150 Å². The number of para-hydroxylation sites is 1. The number of rotatable bonds is 5. The lowest BCUT2D eigenvalue weighted by molar-refractivity contribution is -0.139. The van der Waals surface area contributed by atoms with E-state index in [-0.39, 0.29) is 12.5 Å². The van der Waals surface area contributed by atoms with E-state index in [9.17, 15) is 4.79 Å². The number of likely N-dealkylation sites (tertiary alicyclic amines) is 1. The van der Waals surface area contributed by atoms with E-state index in [4.69, 9.17) is 9.84 Å². The van der Waals surface area contributed by atoms with Gasteiger partial charge in [-0.05, 0) is 45.7 Å². The number of carbonyl (C=O) groups excluding carboxylic acids is 1. The number of fused-ring (bicyclic) bond motifs is 1. The van der Waals surface area contributed by atoms with Crippen molar-refractivity contribution in [2.45, 2.75) is 44.1 Å². The summed E-state index contributed by atoms with van der Waals surface area (Å²) in [4.78, 5) is 17.7. The van der Waals surface area contributed by atoms with Gasteiger partial charge in [0.25, 0.3) is 0 Å². The molecule has 0 bridgehead atoms. The smallest absolute Gasteiger partial charge is 0.233 e. The Kier molecular flexibility index (Phi) is 5.64. The van der Waals surface area contributed by atoms with Gasteiger partial charge in [-0.3, -0.25) is 4.79 Å². The van der Waals surface area contributed by atoms with Gasteiger partial charge in [0, 0.05) is 37.8 Å². The third kappa shape index (κ3) is 3.67. The molecule has 1 fully saturated rings. The molecule has 3 rings (SSSR count). The van der Waals surface area contributed by atoms with Crippen molar-refractivity contribution in [1.82, 2.24) is 9.80 Å². The summed E-state index contributed by atoms with van der Waals surface area (Å²) < 4.78 is 5.74. The second kappa shape index (κ2) is 7.75. The molecule has 1 amide bonds. The fourth-order valence-electron chi connectivity index (χ4n) is 4.13. The van der Waals surface area contributed by atoms with Crippen molar-refractivity contribution in [3.8, 4) is 5.75 Å². The Morgan fingerprint density at radius 3 is 2.80 bits per heavy atom. The van der Waals surface area contributed by atoms with Gasteiger partial charge in [0.2, 0.25) is 5.91 Å². The average molecular weight is 346 g/mol. The van der Waals surface area contributed by atoms with E-state index in [1.807, 2.05) is 29.2 Å². The zero-order valence-electron chi connectivity index (χ0n) is 15.4. The predicted octanol–water partition coefficient (Wildman–Crippen LogP) is 2.03. The maximum atomic E-state index is 13.3. The van der Waals surface area contributed by atoms with Gasteiger partial charge in [0.05, 0.1) is 12.0 Å². The van der Waals surface area contributed by atoms with Crippen molar-refractivity contribution in [3.05, 3.63) is 29.8 Å². The molecule has 25 heavy (non-hydrogen) atoms. The third-order valence-electron chi connectivity index (χ3n) is 5.86. The third-order valence-corrected chi connectivity index (χ3v) is 5.86. The quantitative estimate of drug-likeness (QED) is 0.886. The van der Waals surface area contributed by atoms with E-state index >= 15 is 0 Å². The minimum Gasteiger partial charge on any atom is -0.493 e. The molecule has 0 aromatic heterocycles. The molecule has 1 N–H and O–H groups in total. The molecule has 1 atom stereocenters. The van der Waals surface area contributed by atoms with Crippen molar-refractivity contribution < 1.29 is 14.6 Å². The Morgan fingerprint density at radius 1 is 1.36 bits per heavy atom. The minimum atomic E-state index is -0.482. The van der Waals surface area contributed by atoms with Crippen LogP contribution in [0.4, 0.5) is 0 Å². The number of aliphatic hydroxyl groups excluding tert-OH is 1. The molecular weight excluding hydrogens is 316 g/mol. The van der Waals surface area contributed by atoms with Crippen LogP contribution in [0.25, 0.3) is 0 Å². The normalized spacial score (nSPS) is 24.1. The number of nitrogens with zero attached hydrogens (tertiary/aromatic N) is 2. The lowest BCUT2D eigenvalue weighted by Crippen LogP contribution is -2.52. The first-order chi connectivity index (χ1) is 12.1. The summed E-state index contributed by atoms with van der Waals surface area (Å²) >= 11 is 0. The summed E-state index contributed by atoms with van der Waals surface area (Å²) in [5, 5.41) is 8.99. The van der Waals surface area contributed by atoms with Crippen LogP contribution in [-0.2, 0) is 10.2 Å². The SMILES string of the molecule is CN(CCCO)C1CCN(C(=O)C2(C)CCOc3ccccc32)CC1. The molecule has 0 radical (unpaired) electrons. The van der Waals surface area contributed by atoms with Crippen LogP contribution in [0.2, 0.25) is 0 Å². The fraction of sp³-hybridized carbons (Fsp3) is 0.650. The highest BCUT2D eigenvalue weighted by Gasteiger charge is 2.43. The van der Waals surface area contributed by atoms with E-state index in [1.54, 1.807) is 0 Å². The molecule has 0 saturated carbocycles. The molecule has 1 saturated heterocycles. The highest BCUT2D eigenvalue weighted by Crippen LogP contribution is 2.40. The van der Waals surface area contributed by atoms with Crippen LogP contribution >= 0.6 is 0 Å². The van der Waals surface area contributed by atoms with Gasteiger partial charge in [-0.15, -0.1) is 0 Å². The first kappa shape index (κ1) is 18.2. The topological polar surface area (TPSA) is 53.0 Å². The van der Waals surface area contributed by atoms with Crippen LogP contribution in [0, 0.1) is 0 Å². The minimum absolute atomic E-state index is 0.236. The Bertz CT molecular complexity index is 598. The van der Waals surface area contributed by atoms with Gasteiger partial charge in [0.15, 0.2) is 0 Å². The number of amides is 1. The number of hydrogen-bond acceptors (Lipinski definition) is 4. The van der Waals surface area contributed by atoms with Crippen molar-refractivity contribution in [1.29, 1.82) is 0 Å². The summed E-state index contributed by atoms with van der Waals surface area (Å²) in [6, 6.07) is 8.44. The average Bonchev–Trinajstić information content (AvgIpc) is 2.66. The van der Waals surface area contributed by atoms with Crippen molar-refractivity contribution in [2.75, 3.05) is 39.9 Å². The number of ether oxygens (including phenoxy) is 1. The van der Waals surface area contributed by atoms with Crippen molar-refractivity contribution >= 4 is 5.91 Å². The zero-order valence-corrected chi connectivity index (χ0v) is 15.4. The van der Waals surface area contributed by atoms with Gasteiger partial charge in [-0.2, -0.15) is 0 Å². The summed E-state index contributed by atoms with van der Waals surface area (Å²) in [6.45, 7) is 5.44. The monoisotopic (exact) mass is 346 g/mol. The van der Waals surface area contributed by atoms with Gasteiger partial charge in [0.1, 0.15) is 5.75 Å². The Balaban J connectivity index is 1.65. The number of aliphatic hydroxyl groups is 1. The summed E-state index contributed by atoms with van der Waals surface area (Å²) in [5.74, 6) is 1.09.